The third-order valence-electron chi connectivity index (χ3n) is 2.79. The number of benzene rings is 2. The number of aliphatic hydroxyl groups excluding tert-OH is 1. The quantitative estimate of drug-likeness (QED) is 0.879. The molecule has 0 atom stereocenters. The molecule has 0 radical (unpaired) electrons. The van der Waals surface area contributed by atoms with E-state index in [-0.39, 0.29) is 12.5 Å². The molecule has 4 nitrogen and oxygen atoms in total. The van der Waals surface area contributed by atoms with Crippen LogP contribution in [0.25, 0.3) is 0 Å². The molecule has 0 fully saturated rings. The summed E-state index contributed by atoms with van der Waals surface area (Å²) < 4.78 is 5.33. The first-order valence-corrected chi connectivity index (χ1v) is 6.47. The predicted molar refractivity (Wildman–Crippen MR) is 77.9 cm³/mol. The van der Waals surface area contributed by atoms with E-state index in [0.717, 1.165) is 11.3 Å². The van der Waals surface area contributed by atoms with Crippen molar-refractivity contribution in [2.24, 2.45) is 0 Å². The van der Waals surface area contributed by atoms with Crippen molar-refractivity contribution in [1.82, 2.24) is 0 Å². The topological polar surface area (TPSA) is 58.6 Å². The number of rotatable bonds is 5. The minimum Gasteiger partial charge on any atom is -0.494 e. The number of carbonyl (C=O) groups excluding carboxylic acids is 1. The Balaban J connectivity index is 2.07. The molecule has 0 aliphatic heterocycles. The second kappa shape index (κ2) is 6.73. The van der Waals surface area contributed by atoms with Gasteiger partial charge in [-0.05, 0) is 48.9 Å². The zero-order chi connectivity index (χ0) is 14.4. The number of amides is 1. The molecule has 2 aromatic carbocycles. The summed E-state index contributed by atoms with van der Waals surface area (Å²) >= 11 is 0. The van der Waals surface area contributed by atoms with E-state index >= 15 is 0 Å². The fourth-order valence-electron chi connectivity index (χ4n) is 1.82. The van der Waals surface area contributed by atoms with Crippen molar-refractivity contribution in [2.75, 3.05) is 11.9 Å². The van der Waals surface area contributed by atoms with Crippen LogP contribution in [0.2, 0.25) is 0 Å². The Morgan fingerprint density at radius 1 is 1.20 bits per heavy atom. The lowest BCUT2D eigenvalue weighted by atomic mass is 10.1. The van der Waals surface area contributed by atoms with Gasteiger partial charge in [0.1, 0.15) is 5.75 Å². The number of ether oxygens (including phenoxy) is 1. The zero-order valence-corrected chi connectivity index (χ0v) is 11.3. The summed E-state index contributed by atoms with van der Waals surface area (Å²) in [5, 5.41) is 11.9. The predicted octanol–water partition coefficient (Wildman–Crippen LogP) is 2.83. The van der Waals surface area contributed by atoms with Gasteiger partial charge in [-0.15, -0.1) is 0 Å². The lowest BCUT2D eigenvalue weighted by Gasteiger charge is -2.07. The lowest BCUT2D eigenvalue weighted by Crippen LogP contribution is -2.11. The molecule has 2 N–H and O–H groups in total. The summed E-state index contributed by atoms with van der Waals surface area (Å²) in [6.07, 6.45) is 0. The molecule has 0 unspecified atom stereocenters. The molecule has 104 valence electrons. The summed E-state index contributed by atoms with van der Waals surface area (Å²) in [6, 6.07) is 14.1. The molecule has 0 spiro atoms. The van der Waals surface area contributed by atoms with Gasteiger partial charge >= 0.3 is 0 Å². The molecule has 1 amide bonds. The first-order chi connectivity index (χ1) is 9.72. The average molecular weight is 271 g/mol. The van der Waals surface area contributed by atoms with E-state index in [1.54, 1.807) is 48.5 Å². The van der Waals surface area contributed by atoms with Crippen LogP contribution < -0.4 is 10.1 Å². The highest BCUT2D eigenvalue weighted by molar-refractivity contribution is 6.04. The van der Waals surface area contributed by atoms with E-state index in [4.69, 9.17) is 9.84 Å². The average Bonchev–Trinajstić information content (AvgIpc) is 2.48. The Kier molecular flexibility index (Phi) is 4.74. The number of anilines is 1. The fourth-order valence-corrected chi connectivity index (χ4v) is 1.82. The largest absolute Gasteiger partial charge is 0.494 e. The SMILES string of the molecule is CCOc1ccc(C(=O)Nc2cccc(CO)c2)cc1. The van der Waals surface area contributed by atoms with Crippen LogP contribution in [0, 0.1) is 0 Å². The van der Waals surface area contributed by atoms with Gasteiger partial charge in [0.05, 0.1) is 13.2 Å². The molecule has 0 bridgehead atoms. The molecule has 2 aromatic rings. The van der Waals surface area contributed by atoms with Crippen molar-refractivity contribution in [3.05, 3.63) is 59.7 Å². The molecule has 20 heavy (non-hydrogen) atoms. The standard InChI is InChI=1S/C16H17NO3/c1-2-20-15-8-6-13(7-9-15)16(19)17-14-5-3-4-12(10-14)11-18/h3-10,18H,2,11H2,1H3,(H,17,19). The van der Waals surface area contributed by atoms with Crippen molar-refractivity contribution in [2.45, 2.75) is 13.5 Å². The van der Waals surface area contributed by atoms with Crippen LogP contribution in [0.1, 0.15) is 22.8 Å². The van der Waals surface area contributed by atoms with Gasteiger partial charge in [0, 0.05) is 11.3 Å². The van der Waals surface area contributed by atoms with E-state index in [9.17, 15) is 4.79 Å². The molecule has 0 saturated carbocycles. The van der Waals surface area contributed by atoms with Crippen molar-refractivity contribution in [3.63, 3.8) is 0 Å². The molecular formula is C16H17NO3. The number of nitrogens with one attached hydrogen (secondary N) is 1. The monoisotopic (exact) mass is 271 g/mol. The molecule has 0 aliphatic carbocycles. The molecule has 4 heteroatoms. The minimum absolute atomic E-state index is 0.0488. The zero-order valence-electron chi connectivity index (χ0n) is 11.3. The highest BCUT2D eigenvalue weighted by Gasteiger charge is 2.06. The smallest absolute Gasteiger partial charge is 0.255 e. The number of aliphatic hydroxyl groups is 1. The van der Waals surface area contributed by atoms with Crippen LogP contribution in [-0.4, -0.2) is 17.6 Å². The third-order valence-corrected chi connectivity index (χ3v) is 2.79. The Morgan fingerprint density at radius 3 is 2.60 bits per heavy atom. The minimum atomic E-state index is -0.192. The van der Waals surface area contributed by atoms with Gasteiger partial charge in [-0.3, -0.25) is 4.79 Å². The maximum Gasteiger partial charge on any atom is 0.255 e. The van der Waals surface area contributed by atoms with Gasteiger partial charge in [0.15, 0.2) is 0 Å². The summed E-state index contributed by atoms with van der Waals surface area (Å²) in [6.45, 7) is 2.46. The maximum atomic E-state index is 12.1. The fraction of sp³-hybridized carbons (Fsp3) is 0.188. The van der Waals surface area contributed by atoms with E-state index in [0.29, 0.717) is 17.9 Å². The first kappa shape index (κ1) is 14.1. The van der Waals surface area contributed by atoms with Crippen molar-refractivity contribution < 1.29 is 14.6 Å². The van der Waals surface area contributed by atoms with E-state index < -0.39 is 0 Å². The summed E-state index contributed by atoms with van der Waals surface area (Å²) in [5.74, 6) is 0.550. The number of hydrogen-bond acceptors (Lipinski definition) is 3. The summed E-state index contributed by atoms with van der Waals surface area (Å²) in [5.41, 5.74) is 1.98. The van der Waals surface area contributed by atoms with E-state index in [2.05, 4.69) is 5.32 Å². The van der Waals surface area contributed by atoms with Crippen LogP contribution in [0.5, 0.6) is 5.75 Å². The maximum absolute atomic E-state index is 12.1. The van der Waals surface area contributed by atoms with Gasteiger partial charge in [-0.1, -0.05) is 12.1 Å². The van der Waals surface area contributed by atoms with Gasteiger partial charge in [0.2, 0.25) is 0 Å². The normalized spacial score (nSPS) is 10.1. The van der Waals surface area contributed by atoms with Crippen LogP contribution in [0.15, 0.2) is 48.5 Å². The van der Waals surface area contributed by atoms with Crippen LogP contribution >= 0.6 is 0 Å². The third kappa shape index (κ3) is 3.59. The molecule has 2 rings (SSSR count). The Labute approximate surface area is 118 Å². The van der Waals surface area contributed by atoms with Crippen LogP contribution in [-0.2, 0) is 6.61 Å². The molecule has 0 heterocycles. The second-order valence-corrected chi connectivity index (χ2v) is 4.27. The highest BCUT2D eigenvalue weighted by atomic mass is 16.5. The van der Waals surface area contributed by atoms with Crippen LogP contribution in [0.4, 0.5) is 5.69 Å². The lowest BCUT2D eigenvalue weighted by molar-refractivity contribution is 0.102. The van der Waals surface area contributed by atoms with E-state index in [1.165, 1.54) is 0 Å². The molecule has 0 aliphatic rings. The van der Waals surface area contributed by atoms with Crippen LogP contribution in [0.3, 0.4) is 0 Å². The Hall–Kier alpha value is -2.33. The number of hydrogen-bond donors (Lipinski definition) is 2. The molecule has 0 aromatic heterocycles. The van der Waals surface area contributed by atoms with Gasteiger partial charge in [-0.25, -0.2) is 0 Å². The van der Waals surface area contributed by atoms with E-state index in [1.807, 2.05) is 6.92 Å². The van der Waals surface area contributed by atoms with Gasteiger partial charge < -0.3 is 15.2 Å². The van der Waals surface area contributed by atoms with Crippen molar-refractivity contribution in [3.8, 4) is 5.75 Å². The van der Waals surface area contributed by atoms with Gasteiger partial charge in [-0.2, -0.15) is 0 Å². The number of carbonyl (C=O) groups is 1. The molecular weight excluding hydrogens is 254 g/mol. The first-order valence-electron chi connectivity index (χ1n) is 6.47. The van der Waals surface area contributed by atoms with Gasteiger partial charge in [0.25, 0.3) is 5.91 Å². The second-order valence-electron chi connectivity index (χ2n) is 4.27. The Morgan fingerprint density at radius 2 is 1.95 bits per heavy atom. The van der Waals surface area contributed by atoms with Crippen molar-refractivity contribution >= 4 is 11.6 Å². The molecule has 0 saturated heterocycles. The summed E-state index contributed by atoms with van der Waals surface area (Å²) in [4.78, 5) is 12.1. The summed E-state index contributed by atoms with van der Waals surface area (Å²) in [7, 11) is 0. The highest BCUT2D eigenvalue weighted by Crippen LogP contribution is 2.15. The van der Waals surface area contributed by atoms with Crippen molar-refractivity contribution in [1.29, 1.82) is 0 Å². The Bertz CT molecular complexity index is 579.